The fourth-order valence-electron chi connectivity index (χ4n) is 1.05. The van der Waals surface area contributed by atoms with E-state index in [-0.39, 0.29) is 12.5 Å². The third-order valence-corrected chi connectivity index (χ3v) is 1.69. The Hall–Kier alpha value is -1.75. The minimum absolute atomic E-state index is 0.260. The molecular formula is C10H14N2O3. The molecule has 0 radical (unpaired) electrons. The number of nitrogens with two attached hydrogens (primary N) is 1. The van der Waals surface area contributed by atoms with E-state index in [0.717, 1.165) is 0 Å². The first-order valence-corrected chi connectivity index (χ1v) is 4.52. The fraction of sp³-hybridized carbons (Fsp3) is 0.300. The molecule has 1 aromatic carbocycles. The lowest BCUT2D eigenvalue weighted by Crippen LogP contribution is -2.40. The molecule has 0 aliphatic rings. The molecule has 5 nitrogen and oxygen atoms in total. The Morgan fingerprint density at radius 1 is 1.53 bits per heavy atom. The number of nitrogen functional groups attached to an aromatic ring is 1. The summed E-state index contributed by atoms with van der Waals surface area (Å²) in [6, 6.07) is 6.69. The summed E-state index contributed by atoms with van der Waals surface area (Å²) < 4.78 is 5.29. The largest absolute Gasteiger partial charge is 0.468 e. The minimum atomic E-state index is -0.730. The number of carbonyl (C=O) groups is 1. The summed E-state index contributed by atoms with van der Waals surface area (Å²) in [5.74, 6) is 0.279. The molecule has 1 rings (SSSR count). The van der Waals surface area contributed by atoms with Gasteiger partial charge in [0.1, 0.15) is 5.75 Å². The van der Waals surface area contributed by atoms with Crippen molar-refractivity contribution in [1.82, 2.24) is 5.32 Å². The number of rotatable bonds is 4. The van der Waals surface area contributed by atoms with Crippen molar-refractivity contribution in [2.75, 3.05) is 12.3 Å². The molecule has 5 heteroatoms. The van der Waals surface area contributed by atoms with Gasteiger partial charge in [0.15, 0.2) is 6.23 Å². The number of ether oxygens (including phenoxy) is 1. The first-order valence-electron chi connectivity index (χ1n) is 4.52. The third-order valence-electron chi connectivity index (χ3n) is 1.69. The van der Waals surface area contributed by atoms with Crippen molar-refractivity contribution >= 4 is 11.6 Å². The zero-order valence-electron chi connectivity index (χ0n) is 8.43. The van der Waals surface area contributed by atoms with Crippen LogP contribution in [-0.4, -0.2) is 23.8 Å². The zero-order valence-corrected chi connectivity index (χ0v) is 8.43. The molecule has 0 spiro atoms. The van der Waals surface area contributed by atoms with Crippen LogP contribution in [0.15, 0.2) is 24.3 Å². The Bertz CT molecular complexity index is 324. The van der Waals surface area contributed by atoms with Gasteiger partial charge in [-0.1, -0.05) is 0 Å². The highest BCUT2D eigenvalue weighted by Crippen LogP contribution is 2.13. The van der Waals surface area contributed by atoms with Gasteiger partial charge in [-0.3, -0.25) is 4.79 Å². The average molecular weight is 210 g/mol. The van der Waals surface area contributed by atoms with Gasteiger partial charge in [0.2, 0.25) is 5.91 Å². The second-order valence-electron chi connectivity index (χ2n) is 3.06. The van der Waals surface area contributed by atoms with E-state index in [9.17, 15) is 4.79 Å². The lowest BCUT2D eigenvalue weighted by Gasteiger charge is -2.17. The van der Waals surface area contributed by atoms with Crippen LogP contribution in [0.2, 0.25) is 0 Å². The molecule has 1 amide bonds. The summed E-state index contributed by atoms with van der Waals surface area (Å²) in [7, 11) is 0. The topological polar surface area (TPSA) is 84.6 Å². The molecule has 0 fully saturated rings. The summed E-state index contributed by atoms with van der Waals surface area (Å²) in [4.78, 5) is 10.7. The van der Waals surface area contributed by atoms with E-state index in [1.807, 2.05) is 0 Å². The highest BCUT2D eigenvalue weighted by atomic mass is 16.5. The lowest BCUT2D eigenvalue weighted by atomic mass is 10.3. The monoisotopic (exact) mass is 210 g/mol. The average Bonchev–Trinajstić information content (AvgIpc) is 2.19. The van der Waals surface area contributed by atoms with Gasteiger partial charge in [-0.2, -0.15) is 0 Å². The van der Waals surface area contributed by atoms with Crippen molar-refractivity contribution in [1.29, 1.82) is 0 Å². The third kappa shape index (κ3) is 3.86. The highest BCUT2D eigenvalue weighted by Gasteiger charge is 2.09. The van der Waals surface area contributed by atoms with E-state index in [1.165, 1.54) is 6.92 Å². The van der Waals surface area contributed by atoms with Crippen LogP contribution in [0.3, 0.4) is 0 Å². The molecule has 4 N–H and O–H groups in total. The smallest absolute Gasteiger partial charge is 0.219 e. The summed E-state index contributed by atoms with van der Waals surface area (Å²) >= 11 is 0. The predicted octanol–water partition coefficient (Wildman–Crippen LogP) is 0.102. The van der Waals surface area contributed by atoms with Crippen LogP contribution < -0.4 is 15.8 Å². The molecule has 0 aliphatic heterocycles. The number of hydrogen-bond acceptors (Lipinski definition) is 4. The molecule has 0 aromatic heterocycles. The number of nitrogens with one attached hydrogen (secondary N) is 1. The van der Waals surface area contributed by atoms with Crippen LogP contribution in [-0.2, 0) is 4.79 Å². The molecule has 0 heterocycles. The van der Waals surface area contributed by atoms with Crippen LogP contribution in [0.1, 0.15) is 6.92 Å². The SMILES string of the molecule is CC(=O)NC(CO)Oc1ccc(N)cc1. The van der Waals surface area contributed by atoms with Crippen molar-refractivity contribution in [3.63, 3.8) is 0 Å². The Labute approximate surface area is 87.9 Å². The van der Waals surface area contributed by atoms with Gasteiger partial charge in [0, 0.05) is 12.6 Å². The molecule has 1 aromatic rings. The van der Waals surface area contributed by atoms with E-state index >= 15 is 0 Å². The van der Waals surface area contributed by atoms with Crippen molar-refractivity contribution in [3.8, 4) is 5.75 Å². The Morgan fingerprint density at radius 3 is 2.60 bits per heavy atom. The molecule has 1 atom stereocenters. The minimum Gasteiger partial charge on any atom is -0.468 e. The van der Waals surface area contributed by atoms with Gasteiger partial charge in [0.25, 0.3) is 0 Å². The normalized spacial score (nSPS) is 11.9. The van der Waals surface area contributed by atoms with Crippen LogP contribution >= 0.6 is 0 Å². The number of carbonyl (C=O) groups excluding carboxylic acids is 1. The van der Waals surface area contributed by atoms with Crippen LogP contribution in [0.4, 0.5) is 5.69 Å². The number of benzene rings is 1. The number of anilines is 1. The van der Waals surface area contributed by atoms with Gasteiger partial charge in [0.05, 0.1) is 6.61 Å². The Balaban J connectivity index is 2.58. The second-order valence-corrected chi connectivity index (χ2v) is 3.06. The quantitative estimate of drug-likeness (QED) is 0.486. The van der Waals surface area contributed by atoms with E-state index in [2.05, 4.69) is 5.32 Å². The first kappa shape index (κ1) is 11.3. The van der Waals surface area contributed by atoms with Crippen molar-refractivity contribution in [2.45, 2.75) is 13.2 Å². The molecule has 0 saturated heterocycles. The number of aliphatic hydroxyl groups is 1. The van der Waals surface area contributed by atoms with Crippen molar-refractivity contribution in [2.24, 2.45) is 0 Å². The van der Waals surface area contributed by atoms with Gasteiger partial charge in [-0.05, 0) is 24.3 Å². The van der Waals surface area contributed by atoms with E-state index < -0.39 is 6.23 Å². The molecule has 1 unspecified atom stereocenters. The first-order chi connectivity index (χ1) is 7.11. The number of hydrogen-bond donors (Lipinski definition) is 3. The van der Waals surface area contributed by atoms with Crippen LogP contribution in [0, 0.1) is 0 Å². The van der Waals surface area contributed by atoms with E-state index in [1.54, 1.807) is 24.3 Å². The number of aliphatic hydroxyl groups excluding tert-OH is 1. The van der Waals surface area contributed by atoms with Crippen LogP contribution in [0.5, 0.6) is 5.75 Å². The van der Waals surface area contributed by atoms with E-state index in [0.29, 0.717) is 11.4 Å². The summed E-state index contributed by atoms with van der Waals surface area (Å²) in [5, 5.41) is 11.4. The lowest BCUT2D eigenvalue weighted by molar-refractivity contribution is -0.122. The molecule has 0 aliphatic carbocycles. The standard InChI is InChI=1S/C10H14N2O3/c1-7(14)12-10(6-13)15-9-4-2-8(11)3-5-9/h2-5,10,13H,6,11H2,1H3,(H,12,14). The summed E-state index contributed by atoms with van der Waals surface area (Å²) in [5.41, 5.74) is 6.12. The zero-order chi connectivity index (χ0) is 11.3. The van der Waals surface area contributed by atoms with E-state index in [4.69, 9.17) is 15.6 Å². The van der Waals surface area contributed by atoms with Crippen molar-refractivity contribution in [3.05, 3.63) is 24.3 Å². The van der Waals surface area contributed by atoms with Gasteiger partial charge < -0.3 is 20.9 Å². The highest BCUT2D eigenvalue weighted by molar-refractivity contribution is 5.73. The fourth-order valence-corrected chi connectivity index (χ4v) is 1.05. The molecule has 15 heavy (non-hydrogen) atoms. The molecule has 0 saturated carbocycles. The summed E-state index contributed by atoms with van der Waals surface area (Å²) in [6.45, 7) is 1.07. The van der Waals surface area contributed by atoms with Crippen molar-refractivity contribution < 1.29 is 14.6 Å². The summed E-state index contributed by atoms with van der Waals surface area (Å²) in [6.07, 6.45) is -0.730. The maximum Gasteiger partial charge on any atom is 0.219 e. The van der Waals surface area contributed by atoms with Gasteiger partial charge in [-0.25, -0.2) is 0 Å². The number of amides is 1. The van der Waals surface area contributed by atoms with Gasteiger partial charge >= 0.3 is 0 Å². The maximum atomic E-state index is 10.7. The van der Waals surface area contributed by atoms with Gasteiger partial charge in [-0.15, -0.1) is 0 Å². The molecule has 0 bridgehead atoms. The Morgan fingerprint density at radius 2 is 2.13 bits per heavy atom. The van der Waals surface area contributed by atoms with Crippen LogP contribution in [0.25, 0.3) is 0 Å². The maximum absolute atomic E-state index is 10.7. The Kier molecular flexibility index (Phi) is 3.93. The molecule has 82 valence electrons. The second kappa shape index (κ2) is 5.21. The molecular weight excluding hydrogens is 196 g/mol. The predicted molar refractivity (Wildman–Crippen MR) is 56.2 cm³/mol.